The van der Waals surface area contributed by atoms with Crippen molar-refractivity contribution in [3.63, 3.8) is 0 Å². The molecule has 7 nitrogen and oxygen atoms in total. The van der Waals surface area contributed by atoms with Gasteiger partial charge in [-0.3, -0.25) is 9.69 Å². The number of carbonyl (C=O) groups is 1. The molecule has 29 heavy (non-hydrogen) atoms. The van der Waals surface area contributed by atoms with Crippen LogP contribution in [0.25, 0.3) is 11.1 Å². The van der Waals surface area contributed by atoms with Crippen LogP contribution in [0, 0.1) is 11.7 Å². The number of benzene rings is 2. The molecule has 1 aromatic heterocycles. The van der Waals surface area contributed by atoms with Crippen molar-refractivity contribution in [3.05, 3.63) is 54.3 Å². The highest BCUT2D eigenvalue weighted by Gasteiger charge is 2.35. The predicted molar refractivity (Wildman–Crippen MR) is 105 cm³/mol. The number of piperidine rings is 1. The minimum atomic E-state index is -3.93. The number of hydrogen-bond acceptors (Lipinski definition) is 5. The van der Waals surface area contributed by atoms with Crippen LogP contribution in [0.15, 0.2) is 57.8 Å². The molecule has 0 radical (unpaired) electrons. The first-order valence-corrected chi connectivity index (χ1v) is 10.7. The Morgan fingerprint density at radius 1 is 1.14 bits per heavy atom. The van der Waals surface area contributed by atoms with Crippen LogP contribution < -0.4 is 4.90 Å². The van der Waals surface area contributed by atoms with Crippen molar-refractivity contribution in [2.45, 2.75) is 17.7 Å². The summed E-state index contributed by atoms with van der Waals surface area (Å²) < 4.78 is 46.2. The summed E-state index contributed by atoms with van der Waals surface area (Å²) in [6, 6.07) is 12.7. The molecule has 152 valence electrons. The SMILES string of the molecule is CN(C(=O)C1CCN(S(=O)(=O)c2ccccc2F)CC1)c1nc2ccccc2o1. The monoisotopic (exact) mass is 417 g/mol. The topological polar surface area (TPSA) is 83.7 Å². The molecule has 2 aromatic carbocycles. The van der Waals surface area contributed by atoms with Crippen molar-refractivity contribution in [2.75, 3.05) is 25.0 Å². The van der Waals surface area contributed by atoms with Gasteiger partial charge in [-0.2, -0.15) is 9.29 Å². The minimum absolute atomic E-state index is 0.147. The van der Waals surface area contributed by atoms with E-state index in [0.29, 0.717) is 23.9 Å². The number of oxazole rings is 1. The molecular formula is C20H20FN3O4S. The molecule has 0 spiro atoms. The van der Waals surface area contributed by atoms with Crippen LogP contribution >= 0.6 is 0 Å². The normalized spacial score (nSPS) is 16.2. The van der Waals surface area contributed by atoms with E-state index >= 15 is 0 Å². The Morgan fingerprint density at radius 3 is 2.48 bits per heavy atom. The van der Waals surface area contributed by atoms with Gasteiger partial charge in [0.15, 0.2) is 5.58 Å². The van der Waals surface area contributed by atoms with Crippen LogP contribution in [-0.4, -0.2) is 43.8 Å². The minimum Gasteiger partial charge on any atom is -0.423 e. The lowest BCUT2D eigenvalue weighted by Crippen LogP contribution is -2.43. The quantitative estimate of drug-likeness (QED) is 0.652. The highest BCUT2D eigenvalue weighted by molar-refractivity contribution is 7.89. The summed E-state index contributed by atoms with van der Waals surface area (Å²) in [6.07, 6.45) is 0.689. The number of amides is 1. The third-order valence-corrected chi connectivity index (χ3v) is 7.09. The van der Waals surface area contributed by atoms with Crippen LogP contribution in [-0.2, 0) is 14.8 Å². The molecule has 1 saturated heterocycles. The molecule has 1 aliphatic heterocycles. The number of sulfonamides is 1. The lowest BCUT2D eigenvalue weighted by atomic mass is 9.97. The van der Waals surface area contributed by atoms with Gasteiger partial charge in [0.1, 0.15) is 16.2 Å². The molecule has 0 aliphatic carbocycles. The van der Waals surface area contributed by atoms with Crippen molar-refractivity contribution in [1.29, 1.82) is 0 Å². The van der Waals surface area contributed by atoms with Gasteiger partial charge in [0.25, 0.3) is 0 Å². The number of fused-ring (bicyclic) bond motifs is 1. The number of halogens is 1. The van der Waals surface area contributed by atoms with E-state index in [4.69, 9.17) is 4.42 Å². The van der Waals surface area contributed by atoms with Gasteiger partial charge in [-0.25, -0.2) is 12.8 Å². The zero-order valence-corrected chi connectivity index (χ0v) is 16.6. The Labute approximate surface area is 167 Å². The second kappa shape index (κ2) is 7.57. The highest BCUT2D eigenvalue weighted by atomic mass is 32.2. The Hall–Kier alpha value is -2.78. The van der Waals surface area contributed by atoms with Gasteiger partial charge in [0.05, 0.1) is 0 Å². The number of aromatic nitrogens is 1. The fraction of sp³-hybridized carbons (Fsp3) is 0.300. The second-order valence-electron chi connectivity index (χ2n) is 6.97. The lowest BCUT2D eigenvalue weighted by Gasteiger charge is -2.31. The maximum absolute atomic E-state index is 13.9. The molecule has 9 heteroatoms. The van der Waals surface area contributed by atoms with E-state index in [-0.39, 0.29) is 35.8 Å². The van der Waals surface area contributed by atoms with Crippen molar-refractivity contribution >= 4 is 33.0 Å². The molecule has 1 amide bonds. The molecule has 0 atom stereocenters. The van der Waals surface area contributed by atoms with Crippen LogP contribution in [0.2, 0.25) is 0 Å². The summed E-state index contributed by atoms with van der Waals surface area (Å²) in [5, 5.41) is 0. The Bertz CT molecular complexity index is 1120. The van der Waals surface area contributed by atoms with Gasteiger partial charge >= 0.3 is 6.01 Å². The molecule has 1 fully saturated rings. The zero-order valence-electron chi connectivity index (χ0n) is 15.8. The van der Waals surface area contributed by atoms with Gasteiger partial charge in [-0.1, -0.05) is 24.3 Å². The fourth-order valence-corrected chi connectivity index (χ4v) is 5.04. The van der Waals surface area contributed by atoms with Crippen molar-refractivity contribution in [1.82, 2.24) is 9.29 Å². The van der Waals surface area contributed by atoms with E-state index in [1.54, 1.807) is 19.2 Å². The maximum atomic E-state index is 13.9. The van der Waals surface area contributed by atoms with Crippen LogP contribution in [0.1, 0.15) is 12.8 Å². The number of hydrogen-bond donors (Lipinski definition) is 0. The van der Waals surface area contributed by atoms with Crippen molar-refractivity contribution < 1.29 is 22.0 Å². The van der Waals surface area contributed by atoms with Gasteiger partial charge in [-0.15, -0.1) is 0 Å². The largest absolute Gasteiger partial charge is 0.423 e. The van der Waals surface area contributed by atoms with E-state index < -0.39 is 15.8 Å². The van der Waals surface area contributed by atoms with Crippen molar-refractivity contribution in [3.8, 4) is 0 Å². The van der Waals surface area contributed by atoms with Gasteiger partial charge in [0.2, 0.25) is 15.9 Å². The third-order valence-electron chi connectivity index (χ3n) is 5.16. The zero-order chi connectivity index (χ0) is 20.6. The molecule has 0 bridgehead atoms. The molecular weight excluding hydrogens is 397 g/mol. The molecule has 0 unspecified atom stereocenters. The standard InChI is InChI=1S/C20H20FN3O4S/c1-23(20-22-16-7-3-4-8-17(16)28-20)19(25)14-10-12-24(13-11-14)29(26,27)18-9-5-2-6-15(18)21/h2-9,14H,10-13H2,1H3. The molecule has 2 heterocycles. The number of para-hydroxylation sites is 2. The molecule has 0 N–H and O–H groups in total. The summed E-state index contributed by atoms with van der Waals surface area (Å²) >= 11 is 0. The maximum Gasteiger partial charge on any atom is 0.304 e. The number of rotatable bonds is 4. The molecule has 1 aliphatic rings. The van der Waals surface area contributed by atoms with Crippen LogP contribution in [0.3, 0.4) is 0 Å². The summed E-state index contributed by atoms with van der Waals surface area (Å²) in [4.78, 5) is 18.2. The lowest BCUT2D eigenvalue weighted by molar-refractivity contribution is -0.123. The van der Waals surface area contributed by atoms with Gasteiger partial charge < -0.3 is 4.42 Å². The first-order valence-electron chi connectivity index (χ1n) is 9.26. The average molecular weight is 417 g/mol. The first kappa shape index (κ1) is 19.5. The van der Waals surface area contributed by atoms with Gasteiger partial charge in [0, 0.05) is 26.1 Å². The van der Waals surface area contributed by atoms with E-state index in [2.05, 4.69) is 4.98 Å². The van der Waals surface area contributed by atoms with Crippen LogP contribution in [0.5, 0.6) is 0 Å². The number of carbonyl (C=O) groups excluding carboxylic acids is 1. The molecule has 4 rings (SSSR count). The average Bonchev–Trinajstić information content (AvgIpc) is 3.17. The smallest absolute Gasteiger partial charge is 0.304 e. The molecule has 3 aromatic rings. The second-order valence-corrected chi connectivity index (χ2v) is 8.88. The van der Waals surface area contributed by atoms with Crippen LogP contribution in [0.4, 0.5) is 10.4 Å². The van der Waals surface area contributed by atoms with Gasteiger partial charge in [-0.05, 0) is 37.1 Å². The number of nitrogens with zero attached hydrogens (tertiary/aromatic N) is 3. The van der Waals surface area contributed by atoms with E-state index in [1.165, 1.54) is 27.4 Å². The Kier molecular flexibility index (Phi) is 5.10. The molecule has 0 saturated carbocycles. The summed E-state index contributed by atoms with van der Waals surface area (Å²) in [5.41, 5.74) is 1.25. The van der Waals surface area contributed by atoms with E-state index in [9.17, 15) is 17.6 Å². The number of anilines is 1. The van der Waals surface area contributed by atoms with Crippen molar-refractivity contribution in [2.24, 2.45) is 5.92 Å². The first-order chi connectivity index (χ1) is 13.9. The Balaban J connectivity index is 1.45. The Morgan fingerprint density at radius 2 is 1.79 bits per heavy atom. The predicted octanol–water partition coefficient (Wildman–Crippen LogP) is 3.03. The fourth-order valence-electron chi connectivity index (χ4n) is 3.51. The summed E-state index contributed by atoms with van der Waals surface area (Å²) in [7, 11) is -2.34. The van der Waals surface area contributed by atoms with E-state index in [1.807, 2.05) is 12.1 Å². The summed E-state index contributed by atoms with van der Waals surface area (Å²) in [6.45, 7) is 0.295. The van der Waals surface area contributed by atoms with E-state index in [0.717, 1.165) is 6.07 Å². The highest BCUT2D eigenvalue weighted by Crippen LogP contribution is 2.28. The summed E-state index contributed by atoms with van der Waals surface area (Å²) in [5.74, 6) is -1.32. The third kappa shape index (κ3) is 3.63.